The van der Waals surface area contributed by atoms with E-state index in [2.05, 4.69) is 5.32 Å². The lowest BCUT2D eigenvalue weighted by atomic mass is 9.97. The van der Waals surface area contributed by atoms with Crippen LogP contribution in [-0.2, 0) is 11.2 Å². The number of nitrogens with zero attached hydrogens (tertiary/aromatic N) is 1. The molecule has 0 spiro atoms. The van der Waals surface area contributed by atoms with Gasteiger partial charge in [0.1, 0.15) is 5.75 Å². The van der Waals surface area contributed by atoms with Crippen LogP contribution in [0, 0.1) is 5.92 Å². The molecule has 1 aliphatic rings. The Labute approximate surface area is 136 Å². The van der Waals surface area contributed by atoms with Gasteiger partial charge in [-0.3, -0.25) is 4.79 Å². The van der Waals surface area contributed by atoms with Gasteiger partial charge in [-0.25, -0.2) is 4.79 Å². The standard InChI is InChI=1S/C17H24N2O4/c1-23-15-6-4-13(5-7-15)3-2-10-18-17(22)19-11-8-14(9-12-19)16(20)21/h4-7,14H,2-3,8-12H2,1H3,(H,18,22)(H,20,21). The molecule has 2 N–H and O–H groups in total. The first-order valence-corrected chi connectivity index (χ1v) is 7.98. The van der Waals surface area contributed by atoms with Crippen molar-refractivity contribution in [1.82, 2.24) is 10.2 Å². The van der Waals surface area contributed by atoms with Gasteiger partial charge >= 0.3 is 12.0 Å². The zero-order valence-electron chi connectivity index (χ0n) is 13.5. The second-order valence-electron chi connectivity index (χ2n) is 5.78. The van der Waals surface area contributed by atoms with Crippen molar-refractivity contribution in [1.29, 1.82) is 0 Å². The molecule has 0 radical (unpaired) electrons. The van der Waals surface area contributed by atoms with Gasteiger partial charge in [0.2, 0.25) is 0 Å². The van der Waals surface area contributed by atoms with Gasteiger partial charge in [0, 0.05) is 19.6 Å². The van der Waals surface area contributed by atoms with E-state index in [-0.39, 0.29) is 11.9 Å². The Bertz CT molecular complexity index is 522. The Hall–Kier alpha value is -2.24. The number of piperidine rings is 1. The van der Waals surface area contributed by atoms with Crippen LogP contribution in [0.4, 0.5) is 4.79 Å². The Kier molecular flexibility index (Phi) is 6.26. The molecule has 0 bridgehead atoms. The molecular formula is C17H24N2O4. The number of carboxylic acids is 1. The molecule has 2 rings (SSSR count). The number of likely N-dealkylation sites (tertiary alicyclic amines) is 1. The zero-order valence-corrected chi connectivity index (χ0v) is 13.5. The second kappa shape index (κ2) is 8.41. The monoisotopic (exact) mass is 320 g/mol. The number of rotatable bonds is 6. The van der Waals surface area contributed by atoms with Crippen molar-refractivity contribution in [2.45, 2.75) is 25.7 Å². The number of urea groups is 1. The van der Waals surface area contributed by atoms with Crippen LogP contribution < -0.4 is 10.1 Å². The van der Waals surface area contributed by atoms with Crippen LogP contribution in [0.5, 0.6) is 5.75 Å². The predicted octanol–water partition coefficient (Wildman–Crippen LogP) is 2.13. The number of methoxy groups -OCH3 is 1. The number of carbonyl (C=O) groups is 2. The minimum atomic E-state index is -0.760. The fourth-order valence-electron chi connectivity index (χ4n) is 2.72. The molecule has 1 aromatic rings. The van der Waals surface area contributed by atoms with E-state index in [4.69, 9.17) is 9.84 Å². The van der Waals surface area contributed by atoms with Gasteiger partial charge in [-0.15, -0.1) is 0 Å². The summed E-state index contributed by atoms with van der Waals surface area (Å²) < 4.78 is 5.12. The minimum absolute atomic E-state index is 0.0939. The van der Waals surface area contributed by atoms with Crippen molar-refractivity contribution >= 4 is 12.0 Å². The number of benzene rings is 1. The van der Waals surface area contributed by atoms with E-state index >= 15 is 0 Å². The molecule has 1 heterocycles. The van der Waals surface area contributed by atoms with Gasteiger partial charge in [0.25, 0.3) is 0 Å². The van der Waals surface area contributed by atoms with Gasteiger partial charge in [-0.1, -0.05) is 12.1 Å². The van der Waals surface area contributed by atoms with Gasteiger partial charge < -0.3 is 20.1 Å². The second-order valence-corrected chi connectivity index (χ2v) is 5.78. The summed E-state index contributed by atoms with van der Waals surface area (Å²) in [5, 5.41) is 11.9. The molecule has 0 aromatic heterocycles. The van der Waals surface area contributed by atoms with Crippen LogP contribution in [0.25, 0.3) is 0 Å². The highest BCUT2D eigenvalue weighted by atomic mass is 16.5. The van der Waals surface area contributed by atoms with Crippen molar-refractivity contribution in [3.8, 4) is 5.75 Å². The summed E-state index contributed by atoms with van der Waals surface area (Å²) in [6.07, 6.45) is 2.83. The first kappa shape index (κ1) is 17.1. The maximum absolute atomic E-state index is 12.0. The summed E-state index contributed by atoms with van der Waals surface area (Å²) in [5.41, 5.74) is 1.21. The van der Waals surface area contributed by atoms with Crippen LogP contribution in [0.1, 0.15) is 24.8 Å². The highest BCUT2D eigenvalue weighted by molar-refractivity contribution is 5.75. The number of nitrogens with one attached hydrogen (secondary N) is 1. The van der Waals surface area contributed by atoms with Crippen molar-refractivity contribution < 1.29 is 19.4 Å². The van der Waals surface area contributed by atoms with Gasteiger partial charge in [0.05, 0.1) is 13.0 Å². The van der Waals surface area contributed by atoms with Crippen molar-refractivity contribution in [3.05, 3.63) is 29.8 Å². The maximum atomic E-state index is 12.0. The van der Waals surface area contributed by atoms with E-state index in [9.17, 15) is 9.59 Å². The molecule has 0 saturated carbocycles. The maximum Gasteiger partial charge on any atom is 0.317 e. The summed E-state index contributed by atoms with van der Waals surface area (Å²) in [6.45, 7) is 1.65. The third-order valence-electron chi connectivity index (χ3n) is 4.21. The number of hydrogen-bond acceptors (Lipinski definition) is 3. The first-order valence-electron chi connectivity index (χ1n) is 7.98. The molecule has 1 aromatic carbocycles. The third kappa shape index (κ3) is 5.16. The highest BCUT2D eigenvalue weighted by Gasteiger charge is 2.26. The average Bonchev–Trinajstić information content (AvgIpc) is 2.59. The van der Waals surface area contributed by atoms with Crippen molar-refractivity contribution in [2.75, 3.05) is 26.7 Å². The van der Waals surface area contributed by atoms with Gasteiger partial charge in [-0.2, -0.15) is 0 Å². The van der Waals surface area contributed by atoms with Crippen molar-refractivity contribution in [3.63, 3.8) is 0 Å². The van der Waals surface area contributed by atoms with Crippen LogP contribution in [0.2, 0.25) is 0 Å². The van der Waals surface area contributed by atoms with E-state index in [1.807, 2.05) is 24.3 Å². The number of carbonyl (C=O) groups excluding carboxylic acids is 1. The molecule has 23 heavy (non-hydrogen) atoms. The third-order valence-corrected chi connectivity index (χ3v) is 4.21. The van der Waals surface area contributed by atoms with E-state index < -0.39 is 5.97 Å². The molecule has 1 fully saturated rings. The molecular weight excluding hydrogens is 296 g/mol. The number of hydrogen-bond donors (Lipinski definition) is 2. The van der Waals surface area contributed by atoms with E-state index in [0.717, 1.165) is 18.6 Å². The minimum Gasteiger partial charge on any atom is -0.497 e. The smallest absolute Gasteiger partial charge is 0.317 e. The Morgan fingerprint density at radius 2 is 1.91 bits per heavy atom. The Morgan fingerprint density at radius 1 is 1.26 bits per heavy atom. The fraction of sp³-hybridized carbons (Fsp3) is 0.529. The number of ether oxygens (including phenoxy) is 1. The van der Waals surface area contributed by atoms with Crippen LogP contribution in [-0.4, -0.2) is 48.8 Å². The number of amides is 2. The van der Waals surface area contributed by atoms with Crippen LogP contribution >= 0.6 is 0 Å². The molecule has 0 atom stereocenters. The summed E-state index contributed by atoms with van der Waals surface area (Å²) in [7, 11) is 1.64. The van der Waals surface area contributed by atoms with Gasteiger partial charge in [-0.05, 0) is 43.4 Å². The first-order chi connectivity index (χ1) is 11.1. The lowest BCUT2D eigenvalue weighted by molar-refractivity contribution is -0.143. The Balaban J connectivity index is 1.64. The SMILES string of the molecule is COc1ccc(CCCNC(=O)N2CCC(C(=O)O)CC2)cc1. The summed E-state index contributed by atoms with van der Waals surface area (Å²) >= 11 is 0. The van der Waals surface area contributed by atoms with E-state index in [1.54, 1.807) is 12.0 Å². The topological polar surface area (TPSA) is 78.9 Å². The molecule has 1 saturated heterocycles. The quantitative estimate of drug-likeness (QED) is 0.787. The number of aliphatic carboxylic acids is 1. The normalized spacial score (nSPS) is 15.3. The molecule has 0 aliphatic carbocycles. The molecule has 126 valence electrons. The molecule has 2 amide bonds. The predicted molar refractivity (Wildman–Crippen MR) is 86.6 cm³/mol. The summed E-state index contributed by atoms with van der Waals surface area (Å²) in [5.74, 6) is -0.231. The highest BCUT2D eigenvalue weighted by Crippen LogP contribution is 2.17. The lowest BCUT2D eigenvalue weighted by Crippen LogP contribution is -2.45. The summed E-state index contributed by atoms with van der Waals surface area (Å²) in [4.78, 5) is 24.6. The van der Waals surface area contributed by atoms with Crippen molar-refractivity contribution in [2.24, 2.45) is 5.92 Å². The van der Waals surface area contributed by atoms with Crippen LogP contribution in [0.3, 0.4) is 0 Å². The fourth-order valence-corrected chi connectivity index (χ4v) is 2.72. The Morgan fingerprint density at radius 3 is 2.48 bits per heavy atom. The van der Waals surface area contributed by atoms with E-state index in [1.165, 1.54) is 5.56 Å². The molecule has 6 nitrogen and oxygen atoms in total. The van der Waals surface area contributed by atoms with E-state index in [0.29, 0.717) is 32.5 Å². The summed E-state index contributed by atoms with van der Waals surface area (Å²) in [6, 6.07) is 7.82. The lowest BCUT2D eigenvalue weighted by Gasteiger charge is -2.30. The van der Waals surface area contributed by atoms with Gasteiger partial charge in [0.15, 0.2) is 0 Å². The molecule has 1 aliphatic heterocycles. The largest absolute Gasteiger partial charge is 0.497 e. The van der Waals surface area contributed by atoms with Crippen LogP contribution in [0.15, 0.2) is 24.3 Å². The molecule has 0 unspecified atom stereocenters. The molecule has 6 heteroatoms. The average molecular weight is 320 g/mol. The number of aryl methyl sites for hydroxylation is 1. The zero-order chi connectivity index (χ0) is 16.7. The number of carboxylic acid groups (broad SMARTS) is 1.